The van der Waals surface area contributed by atoms with Gasteiger partial charge in [0.05, 0.1) is 19.6 Å². The highest BCUT2D eigenvalue weighted by atomic mass is 16.5. The molecule has 0 fully saturated rings. The Balaban J connectivity index is 1.47. The number of benzene rings is 3. The van der Waals surface area contributed by atoms with Gasteiger partial charge in [-0.25, -0.2) is 0 Å². The number of rotatable bonds is 15. The smallest absolute Gasteiger partial charge is 0.307 e. The van der Waals surface area contributed by atoms with Crippen molar-refractivity contribution in [2.75, 3.05) is 13.2 Å². The first-order valence-electron chi connectivity index (χ1n) is 12.5. The molecule has 186 valence electrons. The minimum Gasteiger partial charge on any atom is -0.493 e. The lowest BCUT2D eigenvalue weighted by Gasteiger charge is -2.14. The molecule has 1 N–H and O–H groups in total. The minimum absolute atomic E-state index is 0.0354. The van der Waals surface area contributed by atoms with Gasteiger partial charge in [-0.3, -0.25) is 4.79 Å². The topological polar surface area (TPSA) is 65.0 Å². The fourth-order valence-electron chi connectivity index (χ4n) is 3.94. The number of aliphatic carboxylic acids is 1. The van der Waals surface area contributed by atoms with Crippen molar-refractivity contribution in [3.05, 3.63) is 83.4 Å². The molecule has 0 amide bonds. The van der Waals surface area contributed by atoms with Crippen molar-refractivity contribution in [3.8, 4) is 23.0 Å². The Hall–Kier alpha value is -3.47. The van der Waals surface area contributed by atoms with E-state index in [1.165, 1.54) is 0 Å². The van der Waals surface area contributed by atoms with Crippen LogP contribution in [0.5, 0.6) is 23.0 Å². The number of hydrogen-bond acceptors (Lipinski definition) is 4. The van der Waals surface area contributed by atoms with Crippen LogP contribution < -0.4 is 14.2 Å². The lowest BCUT2D eigenvalue weighted by atomic mass is 10.0. The molecule has 5 nitrogen and oxygen atoms in total. The SMILES string of the molecule is CCCc1cc(CC(=O)O)ccc1OCCCCOc1ccc(Oc2ccccc2)cc1CCC. The number of hydrogen-bond donors (Lipinski definition) is 1. The highest BCUT2D eigenvalue weighted by Gasteiger charge is 2.09. The molecule has 3 aromatic carbocycles. The van der Waals surface area contributed by atoms with Gasteiger partial charge < -0.3 is 19.3 Å². The molecule has 0 saturated carbocycles. The summed E-state index contributed by atoms with van der Waals surface area (Å²) in [7, 11) is 0. The molecule has 3 aromatic rings. The zero-order chi connectivity index (χ0) is 24.9. The quantitative estimate of drug-likeness (QED) is 0.234. The van der Waals surface area contributed by atoms with E-state index in [2.05, 4.69) is 19.9 Å². The van der Waals surface area contributed by atoms with Crippen molar-refractivity contribution in [3.63, 3.8) is 0 Å². The average molecular weight is 477 g/mol. The Labute approximate surface area is 208 Å². The zero-order valence-corrected chi connectivity index (χ0v) is 20.8. The van der Waals surface area contributed by atoms with E-state index >= 15 is 0 Å². The summed E-state index contributed by atoms with van der Waals surface area (Å²) < 4.78 is 18.1. The lowest BCUT2D eigenvalue weighted by molar-refractivity contribution is -0.136. The molecule has 0 unspecified atom stereocenters. The molecule has 0 aromatic heterocycles. The summed E-state index contributed by atoms with van der Waals surface area (Å²) in [5.41, 5.74) is 3.04. The van der Waals surface area contributed by atoms with Gasteiger partial charge in [0.1, 0.15) is 23.0 Å². The van der Waals surface area contributed by atoms with Gasteiger partial charge in [0, 0.05) is 0 Å². The third-order valence-electron chi connectivity index (χ3n) is 5.58. The van der Waals surface area contributed by atoms with Crippen LogP contribution in [0.3, 0.4) is 0 Å². The van der Waals surface area contributed by atoms with Gasteiger partial charge in [-0.2, -0.15) is 0 Å². The number of unbranched alkanes of at least 4 members (excludes halogenated alkanes) is 1. The number of para-hydroxylation sites is 1. The largest absolute Gasteiger partial charge is 0.493 e. The number of carboxylic acids is 1. The van der Waals surface area contributed by atoms with Crippen molar-refractivity contribution in [2.45, 2.75) is 58.8 Å². The molecule has 0 heterocycles. The van der Waals surface area contributed by atoms with Crippen LogP contribution in [-0.2, 0) is 24.1 Å². The molecular formula is C30H36O5. The van der Waals surface area contributed by atoms with Crippen LogP contribution in [0.25, 0.3) is 0 Å². The van der Waals surface area contributed by atoms with E-state index in [1.54, 1.807) is 0 Å². The average Bonchev–Trinajstić information content (AvgIpc) is 2.84. The molecule has 0 aliphatic rings. The zero-order valence-electron chi connectivity index (χ0n) is 20.8. The van der Waals surface area contributed by atoms with E-state index in [-0.39, 0.29) is 6.42 Å². The van der Waals surface area contributed by atoms with Gasteiger partial charge in [-0.05, 0) is 78.8 Å². The number of aryl methyl sites for hydroxylation is 2. The van der Waals surface area contributed by atoms with E-state index in [0.717, 1.165) is 78.2 Å². The van der Waals surface area contributed by atoms with Crippen molar-refractivity contribution in [2.24, 2.45) is 0 Å². The Morgan fingerprint density at radius 1 is 0.743 bits per heavy atom. The maximum absolute atomic E-state index is 11.0. The second-order valence-electron chi connectivity index (χ2n) is 8.60. The van der Waals surface area contributed by atoms with Crippen LogP contribution in [0.2, 0.25) is 0 Å². The highest BCUT2D eigenvalue weighted by molar-refractivity contribution is 5.70. The van der Waals surface area contributed by atoms with Crippen LogP contribution in [0.15, 0.2) is 66.7 Å². The molecule has 0 spiro atoms. The van der Waals surface area contributed by atoms with Crippen molar-refractivity contribution in [1.29, 1.82) is 0 Å². The van der Waals surface area contributed by atoms with Gasteiger partial charge in [-0.15, -0.1) is 0 Å². The van der Waals surface area contributed by atoms with E-state index in [1.807, 2.05) is 60.7 Å². The lowest BCUT2D eigenvalue weighted by Crippen LogP contribution is -2.06. The molecule has 0 aliphatic heterocycles. The maximum atomic E-state index is 11.0. The number of ether oxygens (including phenoxy) is 3. The van der Waals surface area contributed by atoms with Gasteiger partial charge in [0.2, 0.25) is 0 Å². The molecule has 0 atom stereocenters. The Morgan fingerprint density at radius 2 is 1.34 bits per heavy atom. The van der Waals surface area contributed by atoms with Crippen molar-refractivity contribution < 1.29 is 24.1 Å². The van der Waals surface area contributed by atoms with E-state index < -0.39 is 5.97 Å². The molecule has 5 heteroatoms. The molecule has 3 rings (SSSR count). The molecule has 35 heavy (non-hydrogen) atoms. The molecule has 0 bridgehead atoms. The standard InChI is InChI=1S/C30H36O5/c1-3-10-24-20-23(21-30(31)32)14-16-28(24)33-18-8-9-19-34-29-17-15-27(22-25(29)11-4-2)35-26-12-6-5-7-13-26/h5-7,12-17,20,22H,3-4,8-11,18-19,21H2,1-2H3,(H,31,32). The highest BCUT2D eigenvalue weighted by Crippen LogP contribution is 2.29. The summed E-state index contributed by atoms with van der Waals surface area (Å²) in [4.78, 5) is 11.0. The van der Waals surface area contributed by atoms with Crippen LogP contribution in [0.4, 0.5) is 0 Å². The van der Waals surface area contributed by atoms with Gasteiger partial charge in [-0.1, -0.05) is 57.0 Å². The van der Waals surface area contributed by atoms with E-state index in [4.69, 9.17) is 19.3 Å². The minimum atomic E-state index is -0.818. The van der Waals surface area contributed by atoms with E-state index in [0.29, 0.717) is 13.2 Å². The third-order valence-corrected chi connectivity index (χ3v) is 5.58. The van der Waals surface area contributed by atoms with Crippen molar-refractivity contribution >= 4 is 5.97 Å². The third kappa shape index (κ3) is 8.67. The van der Waals surface area contributed by atoms with Crippen molar-refractivity contribution in [1.82, 2.24) is 0 Å². The fourth-order valence-corrected chi connectivity index (χ4v) is 3.94. The van der Waals surface area contributed by atoms with Crippen LogP contribution in [-0.4, -0.2) is 24.3 Å². The van der Waals surface area contributed by atoms with Crippen LogP contribution in [0, 0.1) is 0 Å². The summed E-state index contributed by atoms with van der Waals surface area (Å²) in [6, 6.07) is 21.5. The summed E-state index contributed by atoms with van der Waals surface area (Å²) in [5.74, 6) is 2.58. The van der Waals surface area contributed by atoms with Crippen LogP contribution in [0.1, 0.15) is 56.2 Å². The Kier molecular flexibility index (Phi) is 10.5. The number of carboxylic acid groups (broad SMARTS) is 1. The summed E-state index contributed by atoms with van der Waals surface area (Å²) >= 11 is 0. The summed E-state index contributed by atoms with van der Waals surface area (Å²) in [6.07, 6.45) is 5.61. The first kappa shape index (κ1) is 26.1. The van der Waals surface area contributed by atoms with Crippen LogP contribution >= 0.6 is 0 Å². The molecular weight excluding hydrogens is 440 g/mol. The molecule has 0 radical (unpaired) electrons. The maximum Gasteiger partial charge on any atom is 0.307 e. The van der Waals surface area contributed by atoms with E-state index in [9.17, 15) is 4.79 Å². The first-order valence-corrected chi connectivity index (χ1v) is 12.5. The fraction of sp³-hybridized carbons (Fsp3) is 0.367. The summed E-state index contributed by atoms with van der Waals surface area (Å²) in [6.45, 7) is 5.49. The van der Waals surface area contributed by atoms with Gasteiger partial charge in [0.15, 0.2) is 0 Å². The number of carbonyl (C=O) groups is 1. The predicted molar refractivity (Wildman–Crippen MR) is 139 cm³/mol. The van der Waals surface area contributed by atoms with Gasteiger partial charge in [0.25, 0.3) is 0 Å². The first-order chi connectivity index (χ1) is 17.1. The Bertz CT molecular complexity index is 1060. The monoisotopic (exact) mass is 476 g/mol. The predicted octanol–water partition coefficient (Wildman–Crippen LogP) is 7.25. The normalized spacial score (nSPS) is 10.7. The second-order valence-corrected chi connectivity index (χ2v) is 8.60. The second kappa shape index (κ2) is 14.1. The Morgan fingerprint density at radius 3 is 1.94 bits per heavy atom. The summed E-state index contributed by atoms with van der Waals surface area (Å²) in [5, 5.41) is 9.03. The van der Waals surface area contributed by atoms with Gasteiger partial charge >= 0.3 is 5.97 Å². The molecule has 0 aliphatic carbocycles. The molecule has 0 saturated heterocycles.